The van der Waals surface area contributed by atoms with Crippen molar-refractivity contribution in [2.75, 3.05) is 6.54 Å². The van der Waals surface area contributed by atoms with Crippen molar-refractivity contribution in [1.29, 1.82) is 0 Å². The number of hydrogen-bond donors (Lipinski definition) is 4. The summed E-state index contributed by atoms with van der Waals surface area (Å²) in [5.74, 6) is -3.29. The molecular weight excluding hydrogens is 429 g/mol. The number of carbonyl (C=O) groups is 2. The largest absolute Gasteiger partial charge is 0.542 e. The number of amidine groups is 1. The minimum absolute atomic E-state index is 0.0221. The van der Waals surface area contributed by atoms with Gasteiger partial charge < -0.3 is 15.2 Å². The summed E-state index contributed by atoms with van der Waals surface area (Å²) in [6, 6.07) is 6.11. The van der Waals surface area contributed by atoms with Gasteiger partial charge >= 0.3 is 6.18 Å². The van der Waals surface area contributed by atoms with Crippen LogP contribution in [0.15, 0.2) is 29.2 Å². The number of benzene rings is 1. The Morgan fingerprint density at radius 2 is 1.77 bits per heavy atom. The predicted molar refractivity (Wildman–Crippen MR) is 97.9 cm³/mol. The smallest absolute Gasteiger partial charge is 0.430 e. The number of rotatable bonds is 6. The third-order valence-electron chi connectivity index (χ3n) is 4.10. The van der Waals surface area contributed by atoms with E-state index in [0.29, 0.717) is 5.56 Å². The van der Waals surface area contributed by atoms with E-state index in [4.69, 9.17) is 21.0 Å². The van der Waals surface area contributed by atoms with Gasteiger partial charge in [-0.25, -0.2) is 13.1 Å². The van der Waals surface area contributed by atoms with Crippen molar-refractivity contribution < 1.29 is 41.7 Å². The molecule has 9 nitrogen and oxygen atoms in total. The zero-order chi connectivity index (χ0) is 22.9. The van der Waals surface area contributed by atoms with E-state index in [2.05, 4.69) is 10.0 Å². The van der Waals surface area contributed by atoms with Crippen molar-refractivity contribution in [3.8, 4) is 0 Å². The van der Waals surface area contributed by atoms with Crippen LogP contribution >= 0.6 is 0 Å². The molecule has 0 bridgehead atoms. The second kappa shape index (κ2) is 10.9. The minimum atomic E-state index is -5.19. The minimum Gasteiger partial charge on any atom is -0.542 e. The van der Waals surface area contributed by atoms with Crippen LogP contribution in [0.5, 0.6) is 0 Å². The number of halogens is 3. The molecule has 0 aliphatic heterocycles. The van der Waals surface area contributed by atoms with Crippen LogP contribution in [0.25, 0.3) is 0 Å². The van der Waals surface area contributed by atoms with E-state index in [-0.39, 0.29) is 29.2 Å². The van der Waals surface area contributed by atoms with E-state index in [0.717, 1.165) is 25.7 Å². The summed E-state index contributed by atoms with van der Waals surface area (Å²) in [6.45, 7) is -0.287. The van der Waals surface area contributed by atoms with Crippen molar-refractivity contribution in [2.45, 2.75) is 49.2 Å². The molecule has 1 aromatic rings. The van der Waals surface area contributed by atoms with Gasteiger partial charge in [0.05, 0.1) is 17.0 Å². The Kier molecular flexibility index (Phi) is 9.23. The first-order chi connectivity index (χ1) is 13.8. The van der Waals surface area contributed by atoms with Gasteiger partial charge in [0.1, 0.15) is 5.97 Å². The summed E-state index contributed by atoms with van der Waals surface area (Å²) in [5, 5.41) is 17.1. The van der Waals surface area contributed by atoms with Crippen LogP contribution in [0, 0.1) is 0 Å². The number of carboxylic acids is 1. The molecule has 13 heteroatoms. The first-order valence-corrected chi connectivity index (χ1v) is 10.4. The lowest BCUT2D eigenvalue weighted by molar-refractivity contribution is -0.344. The lowest BCUT2D eigenvalue weighted by Crippen LogP contribution is -2.46. The Labute approximate surface area is 171 Å². The van der Waals surface area contributed by atoms with E-state index in [1.54, 1.807) is 12.1 Å². The molecule has 0 heterocycles. The number of carboxylic acid groups (broad SMARTS) is 1. The normalized spacial score (nSPS) is 14.9. The highest BCUT2D eigenvalue weighted by Gasteiger charge is 2.28. The van der Waals surface area contributed by atoms with Crippen LogP contribution in [0.2, 0.25) is 0 Å². The van der Waals surface area contributed by atoms with Crippen molar-refractivity contribution in [1.82, 2.24) is 10.0 Å². The number of nitrogens with two attached hydrogens (primary N) is 2. The topological polar surface area (TPSA) is 167 Å². The lowest BCUT2D eigenvalue weighted by atomic mass is 9.95. The standard InChI is InChI=1S/C15H22N4O3S.C2HF3O2/c16-15(17)11-5-4-8-13(9-11)23(21,22)18-10-14(20)19-12-6-2-1-3-7-12;3-2(4,5)1(6)7/h4-5,8-9,12,18H,1-3,6-7,10H2,(H3,16,17)(H,19,20);(H,6,7). The van der Waals surface area contributed by atoms with E-state index in [9.17, 15) is 26.4 Å². The molecule has 1 aromatic carbocycles. The number of alkyl halides is 3. The first-order valence-electron chi connectivity index (χ1n) is 8.88. The van der Waals surface area contributed by atoms with Gasteiger partial charge in [-0.05, 0) is 31.0 Å². The highest BCUT2D eigenvalue weighted by Crippen LogP contribution is 2.17. The molecule has 1 aliphatic carbocycles. The summed E-state index contributed by atoms with van der Waals surface area (Å²) in [7, 11) is -3.79. The van der Waals surface area contributed by atoms with Gasteiger partial charge in [-0.3, -0.25) is 15.9 Å². The molecule has 1 saturated carbocycles. The second-order valence-corrected chi connectivity index (χ2v) is 8.26. The second-order valence-electron chi connectivity index (χ2n) is 6.50. The number of nitrogens with one attached hydrogen (secondary N) is 2. The fourth-order valence-corrected chi connectivity index (χ4v) is 3.64. The number of hydrogen-bond acceptors (Lipinski definition) is 5. The summed E-state index contributed by atoms with van der Waals surface area (Å²) in [4.78, 5) is 20.7. The van der Waals surface area contributed by atoms with Gasteiger partial charge in [0.25, 0.3) is 5.84 Å². The highest BCUT2D eigenvalue weighted by molar-refractivity contribution is 7.89. The van der Waals surface area contributed by atoms with Crippen molar-refractivity contribution in [3.63, 3.8) is 0 Å². The molecule has 0 spiro atoms. The third kappa shape index (κ3) is 8.78. The lowest BCUT2D eigenvalue weighted by Gasteiger charge is -2.22. The maximum Gasteiger partial charge on any atom is 0.430 e. The van der Waals surface area contributed by atoms with Crippen LogP contribution in [0.1, 0.15) is 37.7 Å². The quantitative estimate of drug-likeness (QED) is 0.293. The van der Waals surface area contributed by atoms with Crippen molar-refractivity contribution in [3.05, 3.63) is 29.8 Å². The molecule has 0 radical (unpaired) electrons. The average Bonchev–Trinajstić information content (AvgIpc) is 2.67. The molecule has 0 saturated heterocycles. The Morgan fingerprint density at radius 3 is 2.27 bits per heavy atom. The van der Waals surface area contributed by atoms with Crippen LogP contribution in [-0.2, 0) is 19.6 Å². The summed E-state index contributed by atoms with van der Waals surface area (Å²) < 4.78 is 58.3. The van der Waals surface area contributed by atoms with Gasteiger partial charge in [-0.1, -0.05) is 25.3 Å². The Balaban J connectivity index is 0.000000553. The molecule has 1 amide bonds. The molecular formula is C17H23F3N4O5S. The van der Waals surface area contributed by atoms with Gasteiger partial charge in [0, 0.05) is 6.04 Å². The molecule has 1 fully saturated rings. The molecule has 0 atom stereocenters. The average molecular weight is 452 g/mol. The van der Waals surface area contributed by atoms with Gasteiger partial charge in [-0.15, -0.1) is 0 Å². The summed E-state index contributed by atoms with van der Waals surface area (Å²) >= 11 is 0. The summed E-state index contributed by atoms with van der Waals surface area (Å²) in [6.07, 6.45) is 0.0931. The fraction of sp³-hybridized carbons (Fsp3) is 0.471. The van der Waals surface area contributed by atoms with Crippen LogP contribution < -0.4 is 26.3 Å². The first kappa shape index (κ1) is 25.4. The van der Waals surface area contributed by atoms with E-state index < -0.39 is 22.2 Å². The number of carbonyl (C=O) groups excluding carboxylic acids is 2. The van der Waals surface area contributed by atoms with E-state index >= 15 is 0 Å². The molecule has 1 aliphatic rings. The Bertz CT molecular complexity index is 868. The zero-order valence-electron chi connectivity index (χ0n) is 15.9. The zero-order valence-corrected chi connectivity index (χ0v) is 16.7. The molecule has 30 heavy (non-hydrogen) atoms. The number of amides is 1. The van der Waals surface area contributed by atoms with Crippen LogP contribution in [-0.4, -0.2) is 44.9 Å². The van der Waals surface area contributed by atoms with Crippen LogP contribution in [0.3, 0.4) is 0 Å². The fourth-order valence-electron chi connectivity index (χ4n) is 2.61. The monoisotopic (exact) mass is 452 g/mol. The maximum absolute atomic E-state index is 12.2. The predicted octanol–water partition coefficient (Wildman–Crippen LogP) is -1.82. The van der Waals surface area contributed by atoms with Crippen molar-refractivity contribution in [2.24, 2.45) is 5.73 Å². The van der Waals surface area contributed by atoms with Gasteiger partial charge in [-0.2, -0.15) is 13.2 Å². The molecule has 0 unspecified atom stereocenters. The molecule has 0 aromatic heterocycles. The van der Waals surface area contributed by atoms with Gasteiger partial charge in [0.2, 0.25) is 15.9 Å². The Morgan fingerprint density at radius 1 is 1.20 bits per heavy atom. The van der Waals surface area contributed by atoms with E-state index in [1.807, 2.05) is 0 Å². The SMILES string of the molecule is NC(=[NH2+])c1cccc(S(=O)(=O)NCC(=O)NC2CCCCC2)c1.O=C([O-])C(F)(F)F. The molecule has 2 rings (SSSR count). The highest BCUT2D eigenvalue weighted by atomic mass is 32.2. The maximum atomic E-state index is 12.2. The Hall–Kier alpha value is -2.67. The van der Waals surface area contributed by atoms with E-state index in [1.165, 1.54) is 18.6 Å². The van der Waals surface area contributed by atoms with Gasteiger partial charge in [0.15, 0.2) is 0 Å². The molecule has 6 N–H and O–H groups in total. The number of aliphatic carboxylic acids is 1. The molecule has 168 valence electrons. The summed E-state index contributed by atoms with van der Waals surface area (Å²) in [5.41, 5.74) is 5.90. The third-order valence-corrected chi connectivity index (χ3v) is 5.50. The number of sulfonamides is 1. The van der Waals surface area contributed by atoms with Crippen molar-refractivity contribution >= 4 is 27.7 Å². The van der Waals surface area contributed by atoms with Crippen LogP contribution in [0.4, 0.5) is 13.2 Å².